The first-order chi connectivity index (χ1) is 17.4. The van der Waals surface area contributed by atoms with Gasteiger partial charge in [-0.25, -0.2) is 4.98 Å². The molecule has 8 nitrogen and oxygen atoms in total. The van der Waals surface area contributed by atoms with Gasteiger partial charge in [-0.1, -0.05) is 47.2 Å². The van der Waals surface area contributed by atoms with Crippen LogP contribution in [0.2, 0.25) is 5.02 Å². The Morgan fingerprint density at radius 3 is 2.58 bits per heavy atom. The summed E-state index contributed by atoms with van der Waals surface area (Å²) < 4.78 is 7.03. The monoisotopic (exact) mass is 523 g/mol. The van der Waals surface area contributed by atoms with Gasteiger partial charge in [-0.2, -0.15) is 9.61 Å². The number of piperazine rings is 1. The lowest BCUT2D eigenvalue weighted by atomic mass is 10.1. The Balaban J connectivity index is 1.19. The normalized spacial score (nSPS) is 14.4. The summed E-state index contributed by atoms with van der Waals surface area (Å²) >= 11 is 7.63. The Bertz CT molecular complexity index is 1480. The van der Waals surface area contributed by atoms with Gasteiger partial charge in [0.1, 0.15) is 10.8 Å². The number of benzene rings is 2. The standard InChI is InChI=1S/C26H26ClN5O3S/c1-17-7-8-20(13-18(17)2)35-16-24(34)31-11-9-30(10-12-31)15-19-14-23(33)32-26(28-19)36-25(29-32)21-5-3-4-6-22(21)27/h3-8,13-14H,9-12,15-16H2,1-2H3. The van der Waals surface area contributed by atoms with Crippen molar-refractivity contribution in [2.75, 3.05) is 32.8 Å². The Morgan fingerprint density at radius 1 is 1.06 bits per heavy atom. The summed E-state index contributed by atoms with van der Waals surface area (Å²) in [7, 11) is 0. The van der Waals surface area contributed by atoms with Crippen LogP contribution in [0.1, 0.15) is 16.8 Å². The number of carbonyl (C=O) groups is 1. The van der Waals surface area contributed by atoms with E-state index in [1.165, 1.54) is 27.5 Å². The Labute approximate surface area is 217 Å². The number of hydrogen-bond acceptors (Lipinski definition) is 7. The first-order valence-electron chi connectivity index (χ1n) is 11.7. The predicted molar refractivity (Wildman–Crippen MR) is 141 cm³/mol. The van der Waals surface area contributed by atoms with E-state index < -0.39 is 0 Å². The molecule has 2 aromatic carbocycles. The molecule has 1 amide bonds. The fourth-order valence-corrected chi connectivity index (χ4v) is 5.35. The van der Waals surface area contributed by atoms with Gasteiger partial charge in [0.25, 0.3) is 11.5 Å². The fourth-order valence-electron chi connectivity index (χ4n) is 4.11. The molecule has 1 saturated heterocycles. The number of aryl methyl sites for hydroxylation is 2. The van der Waals surface area contributed by atoms with Crippen LogP contribution < -0.4 is 10.3 Å². The highest BCUT2D eigenvalue weighted by molar-refractivity contribution is 7.19. The van der Waals surface area contributed by atoms with Crippen molar-refractivity contribution in [1.82, 2.24) is 24.4 Å². The van der Waals surface area contributed by atoms with Crippen LogP contribution in [0.15, 0.2) is 53.3 Å². The van der Waals surface area contributed by atoms with E-state index >= 15 is 0 Å². The molecule has 3 heterocycles. The minimum Gasteiger partial charge on any atom is -0.484 e. The van der Waals surface area contributed by atoms with Gasteiger partial charge >= 0.3 is 0 Å². The highest BCUT2D eigenvalue weighted by Crippen LogP contribution is 2.30. The molecule has 10 heteroatoms. The van der Waals surface area contributed by atoms with Crippen LogP contribution in [0, 0.1) is 13.8 Å². The van der Waals surface area contributed by atoms with Gasteiger partial charge in [0, 0.05) is 44.4 Å². The molecular formula is C26H26ClN5O3S. The molecule has 5 rings (SSSR count). The van der Waals surface area contributed by atoms with Crippen molar-refractivity contribution in [2.45, 2.75) is 20.4 Å². The number of nitrogens with zero attached hydrogens (tertiary/aromatic N) is 5. The van der Waals surface area contributed by atoms with Gasteiger partial charge < -0.3 is 9.64 Å². The van der Waals surface area contributed by atoms with Crippen molar-refractivity contribution in [3.05, 3.63) is 80.7 Å². The second-order valence-electron chi connectivity index (χ2n) is 8.86. The van der Waals surface area contributed by atoms with Crippen LogP contribution in [0.25, 0.3) is 15.5 Å². The molecule has 0 N–H and O–H groups in total. The highest BCUT2D eigenvalue weighted by Gasteiger charge is 2.22. The molecule has 1 aliphatic rings. The average molecular weight is 524 g/mol. The molecule has 0 spiro atoms. The predicted octanol–water partition coefficient (Wildman–Crippen LogP) is 3.81. The average Bonchev–Trinajstić information content (AvgIpc) is 3.30. The number of fused-ring (bicyclic) bond motifs is 1. The van der Waals surface area contributed by atoms with Crippen molar-refractivity contribution in [3.8, 4) is 16.3 Å². The Morgan fingerprint density at radius 2 is 1.83 bits per heavy atom. The van der Waals surface area contributed by atoms with Crippen LogP contribution >= 0.6 is 22.9 Å². The Kier molecular flexibility index (Phi) is 7.04. The number of carbonyl (C=O) groups excluding carboxylic acids is 1. The van der Waals surface area contributed by atoms with Gasteiger partial charge in [0.2, 0.25) is 4.96 Å². The van der Waals surface area contributed by atoms with Crippen molar-refractivity contribution in [1.29, 1.82) is 0 Å². The lowest BCUT2D eigenvalue weighted by Crippen LogP contribution is -2.49. The third-order valence-corrected chi connectivity index (χ3v) is 7.62. The molecule has 0 saturated carbocycles. The van der Waals surface area contributed by atoms with Gasteiger partial charge in [-0.15, -0.1) is 0 Å². The van der Waals surface area contributed by atoms with Crippen LogP contribution in [-0.2, 0) is 11.3 Å². The van der Waals surface area contributed by atoms with E-state index in [-0.39, 0.29) is 18.1 Å². The fraction of sp³-hybridized carbons (Fsp3) is 0.308. The summed E-state index contributed by atoms with van der Waals surface area (Å²) in [5.41, 5.74) is 3.57. The number of halogens is 1. The SMILES string of the molecule is Cc1ccc(OCC(=O)N2CCN(Cc3cc(=O)n4nc(-c5ccccc5Cl)sc4n3)CC2)cc1C. The summed E-state index contributed by atoms with van der Waals surface area (Å²) in [4.78, 5) is 34.5. The maximum atomic E-state index is 12.7. The largest absolute Gasteiger partial charge is 0.484 e. The smallest absolute Gasteiger partial charge is 0.275 e. The number of rotatable bonds is 6. The number of amides is 1. The first kappa shape index (κ1) is 24.4. The molecule has 36 heavy (non-hydrogen) atoms. The number of ether oxygens (including phenoxy) is 1. The van der Waals surface area contributed by atoms with Crippen LogP contribution in [-0.4, -0.2) is 63.1 Å². The topological polar surface area (TPSA) is 80.0 Å². The second kappa shape index (κ2) is 10.4. The highest BCUT2D eigenvalue weighted by atomic mass is 35.5. The molecule has 0 bridgehead atoms. The van der Waals surface area contributed by atoms with E-state index in [9.17, 15) is 9.59 Å². The zero-order valence-corrected chi connectivity index (χ0v) is 21.7. The molecule has 0 radical (unpaired) electrons. The van der Waals surface area contributed by atoms with Gasteiger partial charge in [0.05, 0.1) is 10.7 Å². The number of hydrogen-bond donors (Lipinski definition) is 0. The summed E-state index contributed by atoms with van der Waals surface area (Å²) in [6.45, 7) is 7.23. The van der Waals surface area contributed by atoms with Crippen LogP contribution in [0.5, 0.6) is 5.75 Å². The van der Waals surface area contributed by atoms with E-state index in [1.54, 1.807) is 6.07 Å². The quantitative estimate of drug-likeness (QED) is 0.382. The van der Waals surface area contributed by atoms with Crippen molar-refractivity contribution >= 4 is 33.8 Å². The zero-order valence-electron chi connectivity index (χ0n) is 20.1. The molecule has 1 fully saturated rings. The van der Waals surface area contributed by atoms with E-state index in [4.69, 9.17) is 16.3 Å². The first-order valence-corrected chi connectivity index (χ1v) is 12.9. The van der Waals surface area contributed by atoms with E-state index in [0.717, 1.165) is 11.1 Å². The summed E-state index contributed by atoms with van der Waals surface area (Å²) in [6, 6.07) is 14.8. The maximum Gasteiger partial charge on any atom is 0.275 e. The molecule has 4 aromatic rings. The van der Waals surface area contributed by atoms with E-state index in [0.29, 0.717) is 59.2 Å². The molecule has 0 unspecified atom stereocenters. The van der Waals surface area contributed by atoms with Crippen molar-refractivity contribution in [2.24, 2.45) is 0 Å². The minimum absolute atomic E-state index is 0.0244. The van der Waals surface area contributed by atoms with Crippen LogP contribution in [0.4, 0.5) is 0 Å². The van der Waals surface area contributed by atoms with Gasteiger partial charge in [-0.3, -0.25) is 14.5 Å². The molecule has 1 aliphatic heterocycles. The molecule has 0 aliphatic carbocycles. The lowest BCUT2D eigenvalue weighted by Gasteiger charge is -2.34. The molecular weight excluding hydrogens is 498 g/mol. The second-order valence-corrected chi connectivity index (χ2v) is 10.2. The zero-order chi connectivity index (χ0) is 25.2. The van der Waals surface area contributed by atoms with E-state index in [1.807, 2.05) is 55.1 Å². The van der Waals surface area contributed by atoms with Gasteiger partial charge in [-0.05, 0) is 43.2 Å². The van der Waals surface area contributed by atoms with Crippen molar-refractivity contribution in [3.63, 3.8) is 0 Å². The number of aromatic nitrogens is 3. The molecule has 0 atom stereocenters. The van der Waals surface area contributed by atoms with Crippen molar-refractivity contribution < 1.29 is 9.53 Å². The minimum atomic E-state index is -0.221. The summed E-state index contributed by atoms with van der Waals surface area (Å²) in [6.07, 6.45) is 0. The summed E-state index contributed by atoms with van der Waals surface area (Å²) in [5.74, 6) is 0.682. The maximum absolute atomic E-state index is 12.7. The molecule has 2 aromatic heterocycles. The van der Waals surface area contributed by atoms with Gasteiger partial charge in [0.15, 0.2) is 6.61 Å². The summed E-state index contributed by atoms with van der Waals surface area (Å²) in [5, 5.41) is 5.65. The lowest BCUT2D eigenvalue weighted by molar-refractivity contribution is -0.135. The third kappa shape index (κ3) is 5.28. The van der Waals surface area contributed by atoms with Crippen LogP contribution in [0.3, 0.4) is 0 Å². The molecule has 186 valence electrons. The Hall–Kier alpha value is -3.27. The van der Waals surface area contributed by atoms with E-state index in [2.05, 4.69) is 15.0 Å². The third-order valence-electron chi connectivity index (χ3n) is 6.35.